The standard InChI is InChI=1S/C11H11ClN4O2/c1-18-10-7(3-2-4-14-10)5-16-6-15-9(12)8(13)11(16)17/h2-4,6H,5,13H2,1H3. The van der Waals surface area contributed by atoms with Crippen molar-refractivity contribution in [2.45, 2.75) is 6.54 Å². The van der Waals surface area contributed by atoms with Crippen LogP contribution in [0.25, 0.3) is 0 Å². The molecule has 2 aromatic rings. The second-order valence-corrected chi connectivity index (χ2v) is 3.91. The third-order valence-electron chi connectivity index (χ3n) is 2.41. The van der Waals surface area contributed by atoms with E-state index in [4.69, 9.17) is 22.1 Å². The van der Waals surface area contributed by atoms with Gasteiger partial charge in [0.1, 0.15) is 5.69 Å². The molecule has 0 aliphatic heterocycles. The maximum atomic E-state index is 11.8. The van der Waals surface area contributed by atoms with Crippen molar-refractivity contribution in [2.24, 2.45) is 0 Å². The van der Waals surface area contributed by atoms with Crippen molar-refractivity contribution in [3.63, 3.8) is 0 Å². The molecule has 0 atom stereocenters. The number of methoxy groups -OCH3 is 1. The number of nitrogen functional groups attached to an aromatic ring is 1. The minimum atomic E-state index is -0.388. The van der Waals surface area contributed by atoms with E-state index in [1.807, 2.05) is 6.07 Å². The summed E-state index contributed by atoms with van der Waals surface area (Å²) >= 11 is 5.66. The number of halogens is 1. The molecule has 0 fully saturated rings. The summed E-state index contributed by atoms with van der Waals surface area (Å²) in [6, 6.07) is 3.57. The second-order valence-electron chi connectivity index (χ2n) is 3.55. The summed E-state index contributed by atoms with van der Waals surface area (Å²) in [6.45, 7) is 0.268. The molecule has 2 aromatic heterocycles. The fraction of sp³-hybridized carbons (Fsp3) is 0.182. The maximum absolute atomic E-state index is 11.8. The van der Waals surface area contributed by atoms with Gasteiger partial charge in [0.2, 0.25) is 5.88 Å². The van der Waals surface area contributed by atoms with Crippen LogP contribution < -0.4 is 16.0 Å². The zero-order valence-corrected chi connectivity index (χ0v) is 10.4. The molecule has 0 amide bonds. The van der Waals surface area contributed by atoms with Crippen molar-refractivity contribution >= 4 is 17.3 Å². The van der Waals surface area contributed by atoms with Gasteiger partial charge in [-0.1, -0.05) is 17.7 Å². The Hall–Kier alpha value is -2.08. The SMILES string of the molecule is COc1ncccc1Cn1cnc(Cl)c(N)c1=O. The van der Waals surface area contributed by atoms with Gasteiger partial charge < -0.3 is 10.5 Å². The van der Waals surface area contributed by atoms with E-state index in [0.717, 1.165) is 5.56 Å². The van der Waals surface area contributed by atoms with Crippen molar-refractivity contribution in [3.8, 4) is 5.88 Å². The molecule has 0 spiro atoms. The third kappa shape index (κ3) is 2.28. The van der Waals surface area contributed by atoms with Gasteiger partial charge in [-0.15, -0.1) is 0 Å². The fourth-order valence-corrected chi connectivity index (χ4v) is 1.63. The lowest BCUT2D eigenvalue weighted by atomic mass is 10.2. The maximum Gasteiger partial charge on any atom is 0.278 e. The Balaban J connectivity index is 2.41. The highest BCUT2D eigenvalue weighted by atomic mass is 35.5. The predicted molar refractivity (Wildman–Crippen MR) is 67.8 cm³/mol. The Morgan fingerprint density at radius 3 is 3.00 bits per heavy atom. The Morgan fingerprint density at radius 2 is 2.28 bits per heavy atom. The van der Waals surface area contributed by atoms with Gasteiger partial charge in [0, 0.05) is 11.8 Å². The molecule has 0 radical (unpaired) electrons. The number of aromatic nitrogens is 3. The molecular weight excluding hydrogens is 256 g/mol. The third-order valence-corrected chi connectivity index (χ3v) is 2.71. The first-order valence-corrected chi connectivity index (χ1v) is 5.49. The molecule has 0 aromatic carbocycles. The monoisotopic (exact) mass is 266 g/mol. The molecule has 18 heavy (non-hydrogen) atoms. The lowest BCUT2D eigenvalue weighted by Crippen LogP contribution is -2.24. The van der Waals surface area contributed by atoms with Gasteiger partial charge in [-0.05, 0) is 6.07 Å². The predicted octanol–water partition coefficient (Wildman–Crippen LogP) is 0.931. The molecule has 0 saturated carbocycles. The van der Waals surface area contributed by atoms with Crippen LogP contribution in [-0.2, 0) is 6.54 Å². The van der Waals surface area contributed by atoms with Crippen molar-refractivity contribution < 1.29 is 4.74 Å². The van der Waals surface area contributed by atoms with Crippen LogP contribution in [0.15, 0.2) is 29.5 Å². The summed E-state index contributed by atoms with van der Waals surface area (Å²) < 4.78 is 6.46. The zero-order valence-electron chi connectivity index (χ0n) is 9.63. The van der Waals surface area contributed by atoms with Crippen LogP contribution in [0.5, 0.6) is 5.88 Å². The van der Waals surface area contributed by atoms with Gasteiger partial charge >= 0.3 is 0 Å². The summed E-state index contributed by atoms with van der Waals surface area (Å²) in [6.07, 6.45) is 2.95. The molecule has 94 valence electrons. The van der Waals surface area contributed by atoms with Crippen LogP contribution in [0.3, 0.4) is 0 Å². The average Bonchev–Trinajstić information content (AvgIpc) is 2.40. The molecule has 2 heterocycles. The molecular formula is C11H11ClN4O2. The zero-order chi connectivity index (χ0) is 13.1. The van der Waals surface area contributed by atoms with Crippen LogP contribution in [0.1, 0.15) is 5.56 Å². The van der Waals surface area contributed by atoms with Crippen LogP contribution in [0.4, 0.5) is 5.69 Å². The van der Waals surface area contributed by atoms with Crippen molar-refractivity contribution in [3.05, 3.63) is 45.7 Å². The topological polar surface area (TPSA) is 83.0 Å². The molecule has 2 N–H and O–H groups in total. The summed E-state index contributed by atoms with van der Waals surface area (Å²) in [5.74, 6) is 0.456. The van der Waals surface area contributed by atoms with Gasteiger partial charge in [-0.25, -0.2) is 9.97 Å². The molecule has 7 heteroatoms. The Bertz CT molecular complexity index is 627. The first-order chi connectivity index (χ1) is 8.63. The van der Waals surface area contributed by atoms with E-state index in [9.17, 15) is 4.79 Å². The minimum absolute atomic E-state index is 0.00871. The molecule has 0 saturated heterocycles. The van der Waals surface area contributed by atoms with Gasteiger partial charge in [0.15, 0.2) is 5.15 Å². The summed E-state index contributed by atoms with van der Waals surface area (Å²) in [4.78, 5) is 19.7. The van der Waals surface area contributed by atoms with E-state index in [-0.39, 0.29) is 22.9 Å². The van der Waals surface area contributed by atoms with E-state index >= 15 is 0 Å². The lowest BCUT2D eigenvalue weighted by molar-refractivity contribution is 0.391. The molecule has 0 aliphatic carbocycles. The quantitative estimate of drug-likeness (QED) is 0.836. The molecule has 0 bridgehead atoms. The number of hydrogen-bond donors (Lipinski definition) is 1. The van der Waals surface area contributed by atoms with Crippen molar-refractivity contribution in [1.82, 2.24) is 14.5 Å². The number of anilines is 1. The second kappa shape index (κ2) is 5.05. The Morgan fingerprint density at radius 1 is 1.50 bits per heavy atom. The van der Waals surface area contributed by atoms with Gasteiger partial charge in [-0.3, -0.25) is 9.36 Å². The highest BCUT2D eigenvalue weighted by Crippen LogP contribution is 2.15. The van der Waals surface area contributed by atoms with Gasteiger partial charge in [0.25, 0.3) is 5.56 Å². The van der Waals surface area contributed by atoms with Crippen LogP contribution in [0, 0.1) is 0 Å². The average molecular weight is 267 g/mol. The molecule has 2 rings (SSSR count). The van der Waals surface area contributed by atoms with Crippen molar-refractivity contribution in [1.29, 1.82) is 0 Å². The highest BCUT2D eigenvalue weighted by molar-refractivity contribution is 6.31. The Kier molecular flexibility index (Phi) is 3.47. The lowest BCUT2D eigenvalue weighted by Gasteiger charge is -2.09. The number of pyridine rings is 1. The van der Waals surface area contributed by atoms with Crippen LogP contribution in [-0.4, -0.2) is 21.6 Å². The van der Waals surface area contributed by atoms with E-state index in [1.165, 1.54) is 18.0 Å². The van der Waals surface area contributed by atoms with E-state index < -0.39 is 0 Å². The number of ether oxygens (including phenoxy) is 1. The van der Waals surface area contributed by atoms with Gasteiger partial charge in [0.05, 0.1) is 20.0 Å². The van der Waals surface area contributed by atoms with E-state index in [0.29, 0.717) is 5.88 Å². The summed E-state index contributed by atoms with van der Waals surface area (Å²) in [5, 5.41) is 0.00871. The number of rotatable bonds is 3. The highest BCUT2D eigenvalue weighted by Gasteiger charge is 2.09. The van der Waals surface area contributed by atoms with Crippen LogP contribution in [0.2, 0.25) is 5.15 Å². The normalized spacial score (nSPS) is 10.3. The largest absolute Gasteiger partial charge is 0.481 e. The van der Waals surface area contributed by atoms with E-state index in [1.54, 1.807) is 12.3 Å². The fourth-order valence-electron chi connectivity index (χ4n) is 1.51. The van der Waals surface area contributed by atoms with Gasteiger partial charge in [-0.2, -0.15) is 0 Å². The molecule has 0 aliphatic rings. The molecule has 6 nitrogen and oxygen atoms in total. The van der Waals surface area contributed by atoms with E-state index in [2.05, 4.69) is 9.97 Å². The first kappa shape index (κ1) is 12.4. The summed E-state index contributed by atoms with van der Waals surface area (Å²) in [7, 11) is 1.52. The Labute approximate surface area is 108 Å². The smallest absolute Gasteiger partial charge is 0.278 e. The summed E-state index contributed by atoms with van der Waals surface area (Å²) in [5.41, 5.74) is 5.83. The van der Waals surface area contributed by atoms with Crippen molar-refractivity contribution in [2.75, 3.05) is 12.8 Å². The molecule has 0 unspecified atom stereocenters. The first-order valence-electron chi connectivity index (χ1n) is 5.11. The number of nitrogens with two attached hydrogens (primary N) is 1. The van der Waals surface area contributed by atoms with Crippen LogP contribution >= 0.6 is 11.6 Å². The number of nitrogens with zero attached hydrogens (tertiary/aromatic N) is 3. The minimum Gasteiger partial charge on any atom is -0.481 e. The number of hydrogen-bond acceptors (Lipinski definition) is 5.